The highest BCUT2D eigenvalue weighted by molar-refractivity contribution is 9.10. The molecule has 2 rings (SSSR count). The number of hydrogen-bond donors (Lipinski definition) is 2. The predicted molar refractivity (Wildman–Crippen MR) is 68.5 cm³/mol. The molecule has 1 aliphatic rings. The first-order valence-corrected chi connectivity index (χ1v) is 6.20. The Hall–Kier alpha value is -0.540. The quantitative estimate of drug-likeness (QED) is 0.881. The van der Waals surface area contributed by atoms with Crippen LogP contribution >= 0.6 is 15.9 Å². The van der Waals surface area contributed by atoms with Crippen molar-refractivity contribution in [1.29, 1.82) is 0 Å². The number of benzene rings is 1. The molecule has 0 saturated heterocycles. The van der Waals surface area contributed by atoms with Crippen LogP contribution in [0.3, 0.4) is 0 Å². The molecular formula is C12H17BrN2. The van der Waals surface area contributed by atoms with Gasteiger partial charge in [0.15, 0.2) is 0 Å². The molecule has 1 heterocycles. The van der Waals surface area contributed by atoms with Crippen molar-refractivity contribution in [3.8, 4) is 0 Å². The van der Waals surface area contributed by atoms with Gasteiger partial charge in [0.1, 0.15) is 0 Å². The molecule has 1 aromatic carbocycles. The minimum Gasteiger partial charge on any atom is -0.384 e. The van der Waals surface area contributed by atoms with Crippen LogP contribution in [0, 0.1) is 0 Å². The van der Waals surface area contributed by atoms with E-state index in [1.807, 2.05) is 7.05 Å². The fourth-order valence-corrected chi connectivity index (χ4v) is 2.51. The van der Waals surface area contributed by atoms with Gasteiger partial charge in [0.25, 0.3) is 0 Å². The van der Waals surface area contributed by atoms with Gasteiger partial charge in [0.2, 0.25) is 0 Å². The maximum Gasteiger partial charge on any atom is 0.0377 e. The van der Waals surface area contributed by atoms with Crippen molar-refractivity contribution in [2.24, 2.45) is 0 Å². The molecule has 0 aliphatic carbocycles. The topological polar surface area (TPSA) is 24.1 Å². The number of hydrogen-bond acceptors (Lipinski definition) is 2. The van der Waals surface area contributed by atoms with Gasteiger partial charge < -0.3 is 10.6 Å². The number of halogens is 1. The Morgan fingerprint density at radius 2 is 2.40 bits per heavy atom. The number of fused-ring (bicyclic) bond motifs is 1. The van der Waals surface area contributed by atoms with E-state index in [9.17, 15) is 0 Å². The van der Waals surface area contributed by atoms with E-state index in [0.29, 0.717) is 12.0 Å². The summed E-state index contributed by atoms with van der Waals surface area (Å²) in [6.07, 6.45) is 1.19. The second-order valence-corrected chi connectivity index (χ2v) is 5.15. The highest BCUT2D eigenvalue weighted by Crippen LogP contribution is 2.35. The SMILES string of the molecule is CNC(C)CC1CNc2ccc(Br)cc21. The third kappa shape index (κ3) is 2.34. The van der Waals surface area contributed by atoms with Crippen LogP contribution in [0.25, 0.3) is 0 Å². The van der Waals surface area contributed by atoms with Gasteiger partial charge in [-0.1, -0.05) is 15.9 Å². The van der Waals surface area contributed by atoms with Crippen molar-refractivity contribution in [3.05, 3.63) is 28.2 Å². The van der Waals surface area contributed by atoms with Crippen LogP contribution < -0.4 is 10.6 Å². The van der Waals surface area contributed by atoms with Gasteiger partial charge in [0, 0.05) is 28.7 Å². The molecule has 3 heteroatoms. The molecule has 0 amide bonds. The van der Waals surface area contributed by atoms with Crippen LogP contribution in [-0.2, 0) is 0 Å². The normalized spacial score (nSPS) is 20.9. The van der Waals surface area contributed by atoms with Crippen molar-refractivity contribution in [2.75, 3.05) is 18.9 Å². The summed E-state index contributed by atoms with van der Waals surface area (Å²) in [5, 5.41) is 6.76. The molecule has 2 N–H and O–H groups in total. The summed E-state index contributed by atoms with van der Waals surface area (Å²) in [5.74, 6) is 0.639. The van der Waals surface area contributed by atoms with Gasteiger partial charge in [-0.25, -0.2) is 0 Å². The zero-order chi connectivity index (χ0) is 10.8. The largest absolute Gasteiger partial charge is 0.384 e. The lowest BCUT2D eigenvalue weighted by Gasteiger charge is -2.16. The highest BCUT2D eigenvalue weighted by atomic mass is 79.9. The van der Waals surface area contributed by atoms with E-state index >= 15 is 0 Å². The first-order valence-electron chi connectivity index (χ1n) is 5.41. The van der Waals surface area contributed by atoms with Gasteiger partial charge in [0.05, 0.1) is 0 Å². The monoisotopic (exact) mass is 268 g/mol. The third-order valence-corrected chi connectivity index (χ3v) is 3.62. The van der Waals surface area contributed by atoms with E-state index in [2.05, 4.69) is 51.7 Å². The van der Waals surface area contributed by atoms with Crippen LogP contribution in [0.1, 0.15) is 24.8 Å². The fourth-order valence-electron chi connectivity index (χ4n) is 2.13. The van der Waals surface area contributed by atoms with Gasteiger partial charge in [-0.3, -0.25) is 0 Å². The van der Waals surface area contributed by atoms with E-state index in [4.69, 9.17) is 0 Å². The molecule has 1 aliphatic heterocycles. The van der Waals surface area contributed by atoms with Crippen LogP contribution in [0.5, 0.6) is 0 Å². The summed E-state index contributed by atoms with van der Waals surface area (Å²) in [6.45, 7) is 3.30. The van der Waals surface area contributed by atoms with Crippen LogP contribution in [0.2, 0.25) is 0 Å². The fraction of sp³-hybridized carbons (Fsp3) is 0.500. The van der Waals surface area contributed by atoms with Crippen molar-refractivity contribution in [1.82, 2.24) is 5.32 Å². The molecule has 2 atom stereocenters. The summed E-state index contributed by atoms with van der Waals surface area (Å²) in [4.78, 5) is 0. The molecule has 2 unspecified atom stereocenters. The molecule has 0 bridgehead atoms. The minimum atomic E-state index is 0.571. The van der Waals surface area contributed by atoms with Gasteiger partial charge in [-0.2, -0.15) is 0 Å². The van der Waals surface area contributed by atoms with E-state index in [1.165, 1.54) is 22.1 Å². The lowest BCUT2D eigenvalue weighted by Crippen LogP contribution is -2.24. The Labute approximate surface area is 99.6 Å². The second-order valence-electron chi connectivity index (χ2n) is 4.23. The molecule has 0 radical (unpaired) electrons. The summed E-state index contributed by atoms with van der Waals surface area (Å²) in [7, 11) is 2.02. The number of anilines is 1. The summed E-state index contributed by atoms with van der Waals surface area (Å²) >= 11 is 3.53. The Kier molecular flexibility index (Phi) is 3.32. The van der Waals surface area contributed by atoms with Gasteiger partial charge in [-0.15, -0.1) is 0 Å². The zero-order valence-corrected chi connectivity index (χ0v) is 10.8. The molecule has 0 fully saturated rings. The standard InChI is InChI=1S/C12H17BrN2/c1-8(14-2)5-9-7-15-12-4-3-10(13)6-11(9)12/h3-4,6,8-9,14-15H,5,7H2,1-2H3. The average Bonchev–Trinajstić information content (AvgIpc) is 2.61. The van der Waals surface area contributed by atoms with Crippen LogP contribution in [0.15, 0.2) is 22.7 Å². The summed E-state index contributed by atoms with van der Waals surface area (Å²) in [5.41, 5.74) is 2.75. The zero-order valence-electron chi connectivity index (χ0n) is 9.18. The molecule has 2 nitrogen and oxygen atoms in total. The maximum atomic E-state index is 3.53. The third-order valence-electron chi connectivity index (χ3n) is 3.12. The summed E-state index contributed by atoms with van der Waals surface area (Å²) < 4.78 is 1.17. The lowest BCUT2D eigenvalue weighted by atomic mass is 9.95. The first-order chi connectivity index (χ1) is 7.20. The second kappa shape index (κ2) is 4.54. The Morgan fingerprint density at radius 1 is 1.60 bits per heavy atom. The van der Waals surface area contributed by atoms with Crippen LogP contribution in [-0.4, -0.2) is 19.6 Å². The Morgan fingerprint density at radius 3 is 3.13 bits per heavy atom. The van der Waals surface area contributed by atoms with E-state index in [-0.39, 0.29) is 0 Å². The minimum absolute atomic E-state index is 0.571. The lowest BCUT2D eigenvalue weighted by molar-refractivity contribution is 0.515. The van der Waals surface area contributed by atoms with E-state index < -0.39 is 0 Å². The molecule has 1 aromatic rings. The number of rotatable bonds is 3. The van der Waals surface area contributed by atoms with E-state index in [0.717, 1.165) is 6.54 Å². The number of nitrogens with one attached hydrogen (secondary N) is 2. The van der Waals surface area contributed by atoms with Crippen LogP contribution in [0.4, 0.5) is 5.69 Å². The Balaban J connectivity index is 2.16. The highest BCUT2D eigenvalue weighted by Gasteiger charge is 2.23. The van der Waals surface area contributed by atoms with Crippen molar-refractivity contribution in [2.45, 2.75) is 25.3 Å². The maximum absolute atomic E-state index is 3.53. The van der Waals surface area contributed by atoms with Crippen molar-refractivity contribution < 1.29 is 0 Å². The van der Waals surface area contributed by atoms with Crippen molar-refractivity contribution >= 4 is 21.6 Å². The molecule has 15 heavy (non-hydrogen) atoms. The smallest absolute Gasteiger partial charge is 0.0377 e. The molecule has 0 spiro atoms. The van der Waals surface area contributed by atoms with Crippen molar-refractivity contribution in [3.63, 3.8) is 0 Å². The average molecular weight is 269 g/mol. The van der Waals surface area contributed by atoms with Gasteiger partial charge in [-0.05, 0) is 44.2 Å². The molecule has 0 aromatic heterocycles. The summed E-state index contributed by atoms with van der Waals surface area (Å²) in [6, 6.07) is 7.06. The molecule has 0 saturated carbocycles. The predicted octanol–water partition coefficient (Wildman–Crippen LogP) is 2.96. The van der Waals surface area contributed by atoms with Gasteiger partial charge >= 0.3 is 0 Å². The Bertz CT molecular complexity index is 351. The molecular weight excluding hydrogens is 252 g/mol. The first kappa shape index (κ1) is 11.0. The van der Waals surface area contributed by atoms with E-state index in [1.54, 1.807) is 0 Å². The molecule has 82 valence electrons.